The van der Waals surface area contributed by atoms with Crippen LogP contribution in [0.4, 0.5) is 0 Å². The molecular weight excluding hydrogens is 316 g/mol. The van der Waals surface area contributed by atoms with Crippen LogP contribution in [-0.4, -0.2) is 38.3 Å². The van der Waals surface area contributed by atoms with Gasteiger partial charge in [-0.05, 0) is 56.6 Å². The summed E-state index contributed by atoms with van der Waals surface area (Å²) in [7, 11) is 0. The Morgan fingerprint density at radius 2 is 2.16 bits per heavy atom. The first-order valence-electron chi connectivity index (χ1n) is 9.15. The Kier molecular flexibility index (Phi) is 4.53. The Labute approximate surface area is 147 Å². The van der Waals surface area contributed by atoms with Crippen molar-refractivity contribution in [2.24, 2.45) is 5.92 Å². The van der Waals surface area contributed by atoms with Gasteiger partial charge < -0.3 is 10.4 Å². The van der Waals surface area contributed by atoms with Gasteiger partial charge in [0.2, 0.25) is 0 Å². The molecule has 1 saturated carbocycles. The molecule has 1 amide bonds. The summed E-state index contributed by atoms with van der Waals surface area (Å²) < 4.78 is 0. The number of carbonyl (C=O) groups excluding carboxylic acids is 1. The van der Waals surface area contributed by atoms with E-state index in [4.69, 9.17) is 0 Å². The van der Waals surface area contributed by atoms with E-state index in [1.165, 1.54) is 0 Å². The third-order valence-electron chi connectivity index (χ3n) is 5.46. The number of hydrogen-bond donors (Lipinski definition) is 3. The van der Waals surface area contributed by atoms with Crippen LogP contribution in [0.25, 0.3) is 0 Å². The molecule has 25 heavy (non-hydrogen) atoms. The van der Waals surface area contributed by atoms with Crippen molar-refractivity contribution in [3.05, 3.63) is 47.0 Å². The summed E-state index contributed by atoms with van der Waals surface area (Å²) in [4.78, 5) is 17.2. The maximum atomic E-state index is 12.8. The first-order chi connectivity index (χ1) is 12.2. The van der Waals surface area contributed by atoms with Crippen molar-refractivity contribution >= 4 is 5.91 Å². The molecule has 6 nitrogen and oxygen atoms in total. The molecule has 6 heteroatoms. The fraction of sp³-hybridized carbons (Fsp3) is 0.526. The van der Waals surface area contributed by atoms with E-state index in [-0.39, 0.29) is 24.0 Å². The molecule has 2 aromatic heterocycles. The number of amides is 1. The standard InChI is InChI=1S/C19H24N4O2/c24-14-9-12(10-14)17(11-13-5-3-4-8-20-13)21-19(25)18-15-6-1-2-7-16(15)22-23-18/h3-5,8,12,14,17,24H,1-2,6-7,9-11H2,(H,21,25)(H,22,23)/t12?,14?,17-/m1/s1. The lowest BCUT2D eigenvalue weighted by atomic mass is 9.76. The third kappa shape index (κ3) is 3.44. The van der Waals surface area contributed by atoms with Crippen LogP contribution < -0.4 is 5.32 Å². The van der Waals surface area contributed by atoms with Crippen molar-refractivity contribution in [3.8, 4) is 0 Å². The molecule has 0 unspecified atom stereocenters. The van der Waals surface area contributed by atoms with Gasteiger partial charge in [-0.1, -0.05) is 6.07 Å². The summed E-state index contributed by atoms with van der Waals surface area (Å²) in [5.41, 5.74) is 3.68. The van der Waals surface area contributed by atoms with Crippen LogP contribution in [-0.2, 0) is 19.3 Å². The molecular formula is C19H24N4O2. The molecule has 0 saturated heterocycles. The molecule has 2 heterocycles. The highest BCUT2D eigenvalue weighted by atomic mass is 16.3. The Hall–Kier alpha value is -2.21. The lowest BCUT2D eigenvalue weighted by molar-refractivity contribution is 0.0237. The number of aromatic nitrogens is 3. The van der Waals surface area contributed by atoms with E-state index >= 15 is 0 Å². The van der Waals surface area contributed by atoms with Gasteiger partial charge in [0.25, 0.3) is 5.91 Å². The maximum absolute atomic E-state index is 12.8. The molecule has 2 aliphatic carbocycles. The minimum Gasteiger partial charge on any atom is -0.393 e. The number of nitrogens with zero attached hydrogens (tertiary/aromatic N) is 2. The van der Waals surface area contributed by atoms with Crippen LogP contribution in [0.2, 0.25) is 0 Å². The highest BCUT2D eigenvalue weighted by Gasteiger charge is 2.36. The van der Waals surface area contributed by atoms with Crippen LogP contribution in [0, 0.1) is 5.92 Å². The SMILES string of the molecule is O=C(N[C@H](Cc1ccccn1)C1CC(O)C1)c1n[nH]c2c1CCCC2. The smallest absolute Gasteiger partial charge is 0.272 e. The zero-order chi connectivity index (χ0) is 17.2. The van der Waals surface area contributed by atoms with Crippen LogP contribution in [0.3, 0.4) is 0 Å². The average molecular weight is 340 g/mol. The van der Waals surface area contributed by atoms with E-state index < -0.39 is 0 Å². The topological polar surface area (TPSA) is 90.9 Å². The number of aliphatic hydroxyl groups excluding tert-OH is 1. The minimum atomic E-state index is -0.244. The van der Waals surface area contributed by atoms with Crippen LogP contribution in [0.1, 0.15) is 53.1 Å². The summed E-state index contributed by atoms with van der Waals surface area (Å²) in [5.74, 6) is 0.178. The second kappa shape index (κ2) is 6.96. The number of aryl methyl sites for hydroxylation is 1. The number of aromatic amines is 1. The van der Waals surface area contributed by atoms with Crippen molar-refractivity contribution in [2.75, 3.05) is 0 Å². The Bertz CT molecular complexity index is 737. The van der Waals surface area contributed by atoms with Gasteiger partial charge in [0.15, 0.2) is 5.69 Å². The Balaban J connectivity index is 1.50. The molecule has 3 N–H and O–H groups in total. The Morgan fingerprint density at radius 1 is 1.32 bits per heavy atom. The minimum absolute atomic E-state index is 0.0262. The van der Waals surface area contributed by atoms with E-state index in [0.717, 1.165) is 55.5 Å². The highest BCUT2D eigenvalue weighted by Crippen LogP contribution is 2.32. The first-order valence-corrected chi connectivity index (χ1v) is 9.15. The Morgan fingerprint density at radius 3 is 2.92 bits per heavy atom. The first kappa shape index (κ1) is 16.3. The zero-order valence-corrected chi connectivity index (χ0v) is 14.2. The van der Waals surface area contributed by atoms with Crippen molar-refractivity contribution in [3.63, 3.8) is 0 Å². The predicted molar refractivity (Wildman–Crippen MR) is 93.2 cm³/mol. The second-order valence-electron chi connectivity index (χ2n) is 7.23. The average Bonchev–Trinajstić information content (AvgIpc) is 3.03. The van der Waals surface area contributed by atoms with Crippen LogP contribution in [0.15, 0.2) is 24.4 Å². The molecule has 0 bridgehead atoms. The van der Waals surface area contributed by atoms with Crippen molar-refractivity contribution in [2.45, 2.75) is 57.1 Å². The predicted octanol–water partition coefficient (Wildman–Crippen LogP) is 1.80. The molecule has 2 aliphatic rings. The van der Waals surface area contributed by atoms with Gasteiger partial charge in [-0.2, -0.15) is 5.10 Å². The summed E-state index contributed by atoms with van der Waals surface area (Å²) in [6.07, 6.45) is 7.82. The van der Waals surface area contributed by atoms with Gasteiger partial charge in [-0.3, -0.25) is 14.9 Å². The monoisotopic (exact) mass is 340 g/mol. The molecule has 0 aliphatic heterocycles. The van der Waals surface area contributed by atoms with E-state index in [2.05, 4.69) is 20.5 Å². The van der Waals surface area contributed by atoms with Gasteiger partial charge >= 0.3 is 0 Å². The zero-order valence-electron chi connectivity index (χ0n) is 14.2. The number of fused-ring (bicyclic) bond motifs is 1. The highest BCUT2D eigenvalue weighted by molar-refractivity contribution is 5.94. The molecule has 0 aromatic carbocycles. The molecule has 1 atom stereocenters. The number of H-pyrrole nitrogens is 1. The number of hydrogen-bond acceptors (Lipinski definition) is 4. The lowest BCUT2D eigenvalue weighted by Gasteiger charge is -2.38. The van der Waals surface area contributed by atoms with Crippen molar-refractivity contribution in [1.82, 2.24) is 20.5 Å². The summed E-state index contributed by atoms with van der Waals surface area (Å²) in [6, 6.07) is 5.80. The van der Waals surface area contributed by atoms with E-state index in [0.29, 0.717) is 12.1 Å². The van der Waals surface area contributed by atoms with Crippen molar-refractivity contribution < 1.29 is 9.90 Å². The van der Waals surface area contributed by atoms with Gasteiger partial charge in [-0.15, -0.1) is 0 Å². The van der Waals surface area contributed by atoms with E-state index in [1.807, 2.05) is 18.2 Å². The maximum Gasteiger partial charge on any atom is 0.272 e. The molecule has 2 aromatic rings. The number of nitrogens with one attached hydrogen (secondary N) is 2. The molecule has 0 radical (unpaired) electrons. The fourth-order valence-corrected chi connectivity index (χ4v) is 3.94. The fourth-order valence-electron chi connectivity index (χ4n) is 3.94. The van der Waals surface area contributed by atoms with Crippen molar-refractivity contribution in [1.29, 1.82) is 0 Å². The van der Waals surface area contributed by atoms with Gasteiger partial charge in [0.1, 0.15) is 0 Å². The van der Waals surface area contributed by atoms with Gasteiger partial charge in [0.05, 0.1) is 6.10 Å². The summed E-state index contributed by atoms with van der Waals surface area (Å²) in [6.45, 7) is 0. The second-order valence-corrected chi connectivity index (χ2v) is 7.23. The van der Waals surface area contributed by atoms with E-state index in [1.54, 1.807) is 6.20 Å². The molecule has 132 valence electrons. The number of aliphatic hydroxyl groups is 1. The summed E-state index contributed by atoms with van der Waals surface area (Å²) >= 11 is 0. The number of pyridine rings is 1. The van der Waals surface area contributed by atoms with Crippen LogP contribution in [0.5, 0.6) is 0 Å². The molecule has 0 spiro atoms. The normalized spacial score (nSPS) is 23.4. The molecule has 4 rings (SSSR count). The third-order valence-corrected chi connectivity index (χ3v) is 5.46. The van der Waals surface area contributed by atoms with Gasteiger partial charge in [-0.25, -0.2) is 0 Å². The van der Waals surface area contributed by atoms with Crippen LogP contribution >= 0.6 is 0 Å². The largest absolute Gasteiger partial charge is 0.393 e. The molecule has 1 fully saturated rings. The summed E-state index contributed by atoms with van der Waals surface area (Å²) in [5, 5.41) is 20.1. The number of carbonyl (C=O) groups is 1. The number of rotatable bonds is 5. The van der Waals surface area contributed by atoms with Gasteiger partial charge in [0, 0.05) is 35.6 Å². The lowest BCUT2D eigenvalue weighted by Crippen LogP contribution is -2.48. The quantitative estimate of drug-likeness (QED) is 0.774. The van der Waals surface area contributed by atoms with E-state index in [9.17, 15) is 9.90 Å².